The van der Waals surface area contributed by atoms with Gasteiger partial charge in [0.2, 0.25) is 0 Å². The van der Waals surface area contributed by atoms with E-state index in [4.69, 9.17) is 0 Å². The van der Waals surface area contributed by atoms with Crippen LogP contribution in [0.4, 0.5) is 28.9 Å². The van der Waals surface area contributed by atoms with Crippen molar-refractivity contribution in [2.75, 3.05) is 6.54 Å². The van der Waals surface area contributed by atoms with E-state index in [0.717, 1.165) is 19.1 Å². The van der Waals surface area contributed by atoms with Gasteiger partial charge in [-0.15, -0.1) is 0 Å². The largest absolute Gasteiger partial charge is 0.451 e. The van der Waals surface area contributed by atoms with Gasteiger partial charge in [-0.25, -0.2) is 9.38 Å². The number of nitro benzene ring substituents is 1. The van der Waals surface area contributed by atoms with Gasteiger partial charge in [-0.2, -0.15) is 13.2 Å². The zero-order valence-electron chi connectivity index (χ0n) is 10.9. The van der Waals surface area contributed by atoms with E-state index in [1.54, 1.807) is 0 Å². The minimum Gasteiger partial charge on any atom is -0.366 e. The molecule has 0 fully saturated rings. The van der Waals surface area contributed by atoms with Gasteiger partial charge in [0.15, 0.2) is 11.5 Å². The lowest BCUT2D eigenvalue weighted by Crippen LogP contribution is -2.35. The van der Waals surface area contributed by atoms with E-state index in [1.165, 1.54) is 0 Å². The normalized spacial score (nSPS) is 12.2. The first kappa shape index (κ1) is 18.0. The summed E-state index contributed by atoms with van der Waals surface area (Å²) in [6.07, 6.45) is -5.01. The number of benzene rings is 1. The summed E-state index contributed by atoms with van der Waals surface area (Å²) in [6, 6.07) is 1.91. The van der Waals surface area contributed by atoms with Crippen LogP contribution in [-0.2, 0) is 4.79 Å². The highest BCUT2D eigenvalue weighted by Crippen LogP contribution is 2.33. The zero-order chi connectivity index (χ0) is 17.1. The minimum absolute atomic E-state index is 0.105. The van der Waals surface area contributed by atoms with Crippen LogP contribution in [0.3, 0.4) is 0 Å². The molecule has 1 aromatic carbocycles. The summed E-state index contributed by atoms with van der Waals surface area (Å²) >= 11 is 2.88. The number of nitrogens with one attached hydrogen (secondary N) is 1. The SMILES string of the molecule is C/C(=N/c1c(F)cc(Br)cc1[N+](=O)[O-])NCC(=O)C(F)(F)F. The average Bonchev–Trinajstić information content (AvgIpc) is 2.37. The Morgan fingerprint density at radius 2 is 2.05 bits per heavy atom. The van der Waals surface area contributed by atoms with E-state index in [9.17, 15) is 32.5 Å². The van der Waals surface area contributed by atoms with E-state index in [-0.39, 0.29) is 10.3 Å². The number of carbonyl (C=O) groups is 1. The molecule has 0 radical (unpaired) electrons. The van der Waals surface area contributed by atoms with Crippen LogP contribution in [0.25, 0.3) is 0 Å². The van der Waals surface area contributed by atoms with Crippen molar-refractivity contribution in [2.24, 2.45) is 4.99 Å². The van der Waals surface area contributed by atoms with Crippen molar-refractivity contribution in [1.29, 1.82) is 0 Å². The first-order chi connectivity index (χ1) is 10.0. The van der Waals surface area contributed by atoms with Crippen molar-refractivity contribution in [1.82, 2.24) is 5.32 Å². The molecule has 1 rings (SSSR count). The predicted octanol–water partition coefficient (Wildman–Crippen LogP) is 3.27. The van der Waals surface area contributed by atoms with Crippen molar-refractivity contribution < 1.29 is 27.3 Å². The van der Waals surface area contributed by atoms with Crippen LogP contribution in [0.5, 0.6) is 0 Å². The molecule has 0 atom stereocenters. The topological polar surface area (TPSA) is 84.6 Å². The third kappa shape index (κ3) is 4.76. The van der Waals surface area contributed by atoms with Gasteiger partial charge in [-0.3, -0.25) is 14.9 Å². The van der Waals surface area contributed by atoms with Crippen LogP contribution in [-0.4, -0.2) is 29.3 Å². The quantitative estimate of drug-likeness (QED) is 0.283. The maximum absolute atomic E-state index is 13.7. The maximum Gasteiger partial charge on any atom is 0.451 e. The number of hydrogen-bond donors (Lipinski definition) is 1. The molecule has 0 aromatic heterocycles. The smallest absolute Gasteiger partial charge is 0.366 e. The number of aliphatic imine (C=N–C) groups is 1. The fraction of sp³-hybridized carbons (Fsp3) is 0.273. The monoisotopic (exact) mass is 385 g/mol. The molecule has 0 saturated heterocycles. The lowest BCUT2D eigenvalue weighted by atomic mass is 10.2. The molecule has 120 valence electrons. The highest BCUT2D eigenvalue weighted by molar-refractivity contribution is 9.10. The van der Waals surface area contributed by atoms with Crippen molar-refractivity contribution in [3.05, 3.63) is 32.5 Å². The number of alkyl halides is 3. The molecule has 0 saturated carbocycles. The molecule has 6 nitrogen and oxygen atoms in total. The molecule has 0 unspecified atom stereocenters. The third-order valence-corrected chi connectivity index (χ3v) is 2.76. The number of amidine groups is 1. The molecule has 0 aliphatic carbocycles. The van der Waals surface area contributed by atoms with E-state index < -0.39 is 40.6 Å². The third-order valence-electron chi connectivity index (χ3n) is 2.31. The van der Waals surface area contributed by atoms with Crippen LogP contribution in [0.1, 0.15) is 6.92 Å². The van der Waals surface area contributed by atoms with Crippen LogP contribution < -0.4 is 5.32 Å². The summed E-state index contributed by atoms with van der Waals surface area (Å²) in [7, 11) is 0. The van der Waals surface area contributed by atoms with E-state index in [0.29, 0.717) is 0 Å². The maximum atomic E-state index is 13.7. The molecule has 1 N–H and O–H groups in total. The number of nitro groups is 1. The molecule has 11 heteroatoms. The van der Waals surface area contributed by atoms with Crippen molar-refractivity contribution >= 4 is 38.9 Å². The molecule has 0 aliphatic heterocycles. The molecular formula is C11H8BrF4N3O3. The first-order valence-electron chi connectivity index (χ1n) is 5.55. The second-order valence-electron chi connectivity index (χ2n) is 3.98. The Hall–Kier alpha value is -2.04. The Labute approximate surface area is 129 Å². The Bertz CT molecular complexity index is 646. The minimum atomic E-state index is -5.01. The van der Waals surface area contributed by atoms with E-state index in [1.807, 2.05) is 5.32 Å². The summed E-state index contributed by atoms with van der Waals surface area (Å²) in [5, 5.41) is 12.9. The Morgan fingerprint density at radius 1 is 1.45 bits per heavy atom. The standard InChI is InChI=1S/C11H8BrF4N3O3/c1-5(17-4-9(20)11(14,15)16)18-10-7(13)2-6(12)3-8(10)19(21)22/h2-3H,4H2,1H3,(H,17,18). The van der Waals surface area contributed by atoms with Gasteiger partial charge in [0.05, 0.1) is 17.3 Å². The zero-order valence-corrected chi connectivity index (χ0v) is 12.5. The van der Waals surface area contributed by atoms with Gasteiger partial charge in [0.25, 0.3) is 11.5 Å². The molecule has 22 heavy (non-hydrogen) atoms. The van der Waals surface area contributed by atoms with Crippen molar-refractivity contribution in [3.63, 3.8) is 0 Å². The molecule has 0 bridgehead atoms. The fourth-order valence-electron chi connectivity index (χ4n) is 1.32. The molecule has 0 aliphatic rings. The van der Waals surface area contributed by atoms with Crippen LogP contribution in [0.2, 0.25) is 0 Å². The lowest BCUT2D eigenvalue weighted by Gasteiger charge is -2.08. The fourth-order valence-corrected chi connectivity index (χ4v) is 1.74. The summed E-state index contributed by atoms with van der Waals surface area (Å²) in [5.41, 5.74) is -1.33. The van der Waals surface area contributed by atoms with Crippen LogP contribution >= 0.6 is 15.9 Å². The summed E-state index contributed by atoms with van der Waals surface area (Å²) in [5.74, 6) is -3.36. The Balaban J connectivity index is 3.02. The van der Waals surface area contributed by atoms with Gasteiger partial charge in [-0.1, -0.05) is 15.9 Å². The molecular weight excluding hydrogens is 378 g/mol. The summed E-state index contributed by atoms with van der Waals surface area (Å²) in [4.78, 5) is 24.1. The number of rotatable bonds is 4. The molecule has 0 spiro atoms. The number of carbonyl (C=O) groups excluding carboxylic acids is 1. The Kier molecular flexibility index (Phi) is 5.58. The highest BCUT2D eigenvalue weighted by atomic mass is 79.9. The highest BCUT2D eigenvalue weighted by Gasteiger charge is 2.37. The second kappa shape index (κ2) is 6.81. The van der Waals surface area contributed by atoms with Crippen LogP contribution in [0, 0.1) is 15.9 Å². The number of nitrogens with zero attached hydrogens (tertiary/aromatic N) is 2. The van der Waals surface area contributed by atoms with Gasteiger partial charge in [0.1, 0.15) is 0 Å². The van der Waals surface area contributed by atoms with E-state index >= 15 is 0 Å². The second-order valence-corrected chi connectivity index (χ2v) is 4.90. The molecule has 0 amide bonds. The first-order valence-corrected chi connectivity index (χ1v) is 6.34. The molecule has 1 aromatic rings. The number of ketones is 1. The average molecular weight is 386 g/mol. The number of halogens is 5. The van der Waals surface area contributed by atoms with Gasteiger partial charge in [0, 0.05) is 10.5 Å². The van der Waals surface area contributed by atoms with Crippen molar-refractivity contribution in [3.8, 4) is 0 Å². The number of hydrogen-bond acceptors (Lipinski definition) is 4. The van der Waals surface area contributed by atoms with Gasteiger partial charge < -0.3 is 5.32 Å². The van der Waals surface area contributed by atoms with Gasteiger partial charge >= 0.3 is 6.18 Å². The molecule has 0 heterocycles. The predicted molar refractivity (Wildman–Crippen MR) is 72.6 cm³/mol. The van der Waals surface area contributed by atoms with Crippen molar-refractivity contribution in [2.45, 2.75) is 13.1 Å². The van der Waals surface area contributed by atoms with Crippen LogP contribution in [0.15, 0.2) is 21.6 Å². The lowest BCUT2D eigenvalue weighted by molar-refractivity contribution is -0.384. The van der Waals surface area contributed by atoms with Gasteiger partial charge in [-0.05, 0) is 13.0 Å². The summed E-state index contributed by atoms with van der Waals surface area (Å²) in [6.45, 7) is 0.0413. The summed E-state index contributed by atoms with van der Waals surface area (Å²) < 4.78 is 49.9. The Morgan fingerprint density at radius 3 is 2.55 bits per heavy atom. The van der Waals surface area contributed by atoms with E-state index in [2.05, 4.69) is 20.9 Å². The number of Topliss-reactive ketones (excluding diaryl/α,β-unsaturated/α-hetero) is 1.